The molecule has 18 heavy (non-hydrogen) atoms. The Balaban J connectivity index is 1.79. The predicted octanol–water partition coefficient (Wildman–Crippen LogP) is 3.90. The number of nitrogens with one attached hydrogen (secondary N) is 1. The Hall–Kier alpha value is -0.130. The minimum absolute atomic E-state index is 0.475. The van der Waals surface area contributed by atoms with Crippen molar-refractivity contribution in [2.45, 2.75) is 44.2 Å². The van der Waals surface area contributed by atoms with E-state index >= 15 is 0 Å². The maximum atomic E-state index is 5.67. The number of rotatable bonds is 6. The lowest BCUT2D eigenvalue weighted by molar-refractivity contribution is 0.101. The van der Waals surface area contributed by atoms with Crippen LogP contribution in [0.2, 0.25) is 0 Å². The maximum absolute atomic E-state index is 5.67. The van der Waals surface area contributed by atoms with Gasteiger partial charge in [-0.2, -0.15) is 0 Å². The van der Waals surface area contributed by atoms with E-state index in [9.17, 15) is 0 Å². The van der Waals surface area contributed by atoms with Crippen LogP contribution < -0.4 is 5.32 Å². The van der Waals surface area contributed by atoms with Gasteiger partial charge in [-0.3, -0.25) is 0 Å². The Morgan fingerprint density at radius 2 is 2.17 bits per heavy atom. The summed E-state index contributed by atoms with van der Waals surface area (Å²) in [6.07, 6.45) is 6.67. The van der Waals surface area contributed by atoms with Gasteiger partial charge in [0.05, 0.1) is 6.10 Å². The molecule has 0 spiro atoms. The highest BCUT2D eigenvalue weighted by molar-refractivity contribution is 14.1. The zero-order valence-electron chi connectivity index (χ0n) is 11.0. The largest absolute Gasteiger partial charge is 0.378 e. The summed E-state index contributed by atoms with van der Waals surface area (Å²) in [6.45, 7) is 0.969. The Kier molecular flexibility index (Phi) is 5.92. The first-order valence-electron chi connectivity index (χ1n) is 6.84. The SMILES string of the molecule is CNC(CCCC1CCCO1)c1ccc(I)cc1. The number of hydrogen-bond donors (Lipinski definition) is 1. The molecule has 2 atom stereocenters. The molecule has 0 bridgehead atoms. The molecule has 1 N–H and O–H groups in total. The third kappa shape index (κ3) is 4.21. The van der Waals surface area contributed by atoms with Gasteiger partial charge in [0.2, 0.25) is 0 Å². The van der Waals surface area contributed by atoms with Crippen LogP contribution in [-0.2, 0) is 4.74 Å². The Morgan fingerprint density at radius 3 is 2.78 bits per heavy atom. The van der Waals surface area contributed by atoms with Crippen molar-refractivity contribution in [2.75, 3.05) is 13.7 Å². The summed E-state index contributed by atoms with van der Waals surface area (Å²) in [5.74, 6) is 0. The number of benzene rings is 1. The molecule has 0 aromatic heterocycles. The molecule has 2 unspecified atom stereocenters. The molecule has 0 saturated carbocycles. The van der Waals surface area contributed by atoms with Gasteiger partial charge in [0.15, 0.2) is 0 Å². The highest BCUT2D eigenvalue weighted by Gasteiger charge is 2.16. The van der Waals surface area contributed by atoms with Crippen LogP contribution in [-0.4, -0.2) is 19.8 Å². The topological polar surface area (TPSA) is 21.3 Å². The lowest BCUT2D eigenvalue weighted by atomic mass is 9.99. The van der Waals surface area contributed by atoms with Crippen LogP contribution in [0, 0.1) is 3.57 Å². The summed E-state index contributed by atoms with van der Waals surface area (Å²) in [5, 5.41) is 3.42. The zero-order chi connectivity index (χ0) is 12.8. The van der Waals surface area contributed by atoms with Crippen LogP contribution >= 0.6 is 22.6 Å². The molecule has 1 fully saturated rings. The van der Waals surface area contributed by atoms with Gasteiger partial charge in [0.25, 0.3) is 0 Å². The normalized spacial score (nSPS) is 21.1. The smallest absolute Gasteiger partial charge is 0.0576 e. The van der Waals surface area contributed by atoms with Crippen molar-refractivity contribution in [1.82, 2.24) is 5.32 Å². The van der Waals surface area contributed by atoms with Gasteiger partial charge >= 0.3 is 0 Å². The molecule has 2 nitrogen and oxygen atoms in total. The van der Waals surface area contributed by atoms with Crippen molar-refractivity contribution < 1.29 is 4.74 Å². The number of halogens is 1. The first-order chi connectivity index (χ1) is 8.79. The molecule has 2 rings (SSSR count). The molecular weight excluding hydrogens is 337 g/mol. The van der Waals surface area contributed by atoms with Crippen LogP contribution in [0.25, 0.3) is 0 Å². The first-order valence-corrected chi connectivity index (χ1v) is 7.92. The van der Waals surface area contributed by atoms with Crippen LogP contribution in [0.3, 0.4) is 0 Å². The van der Waals surface area contributed by atoms with Gasteiger partial charge in [-0.05, 0) is 79.4 Å². The average molecular weight is 359 g/mol. The van der Waals surface area contributed by atoms with Gasteiger partial charge in [0, 0.05) is 16.2 Å². The quantitative estimate of drug-likeness (QED) is 0.778. The number of hydrogen-bond acceptors (Lipinski definition) is 2. The molecule has 1 saturated heterocycles. The molecule has 0 radical (unpaired) electrons. The predicted molar refractivity (Wildman–Crippen MR) is 83.8 cm³/mol. The fraction of sp³-hybridized carbons (Fsp3) is 0.600. The van der Waals surface area contributed by atoms with Gasteiger partial charge < -0.3 is 10.1 Å². The Bertz CT molecular complexity index is 346. The van der Waals surface area contributed by atoms with Crippen LogP contribution in [0.4, 0.5) is 0 Å². The van der Waals surface area contributed by atoms with E-state index in [0.717, 1.165) is 6.61 Å². The van der Waals surface area contributed by atoms with Crippen molar-refractivity contribution in [3.63, 3.8) is 0 Å². The third-order valence-corrected chi connectivity index (χ3v) is 4.38. The monoisotopic (exact) mass is 359 g/mol. The van der Waals surface area contributed by atoms with E-state index in [0.29, 0.717) is 12.1 Å². The van der Waals surface area contributed by atoms with E-state index in [1.807, 2.05) is 0 Å². The molecule has 1 aliphatic rings. The van der Waals surface area contributed by atoms with Crippen molar-refractivity contribution in [1.29, 1.82) is 0 Å². The summed E-state index contributed by atoms with van der Waals surface area (Å²) in [4.78, 5) is 0. The summed E-state index contributed by atoms with van der Waals surface area (Å²) in [7, 11) is 2.05. The van der Waals surface area contributed by atoms with Crippen molar-refractivity contribution in [3.8, 4) is 0 Å². The second-order valence-electron chi connectivity index (χ2n) is 4.96. The molecule has 1 aromatic carbocycles. The summed E-state index contributed by atoms with van der Waals surface area (Å²) >= 11 is 2.35. The first kappa shape index (κ1) is 14.3. The van der Waals surface area contributed by atoms with E-state index in [1.165, 1.54) is 41.2 Å². The molecule has 0 aliphatic carbocycles. The zero-order valence-corrected chi connectivity index (χ0v) is 13.2. The molecule has 100 valence electrons. The molecule has 0 amide bonds. The third-order valence-electron chi connectivity index (χ3n) is 3.66. The van der Waals surface area contributed by atoms with E-state index in [4.69, 9.17) is 4.74 Å². The lowest BCUT2D eigenvalue weighted by Gasteiger charge is -2.17. The molecular formula is C15H22INO. The van der Waals surface area contributed by atoms with Crippen molar-refractivity contribution in [2.24, 2.45) is 0 Å². The summed E-state index contributed by atoms with van der Waals surface area (Å²) < 4.78 is 6.97. The second-order valence-corrected chi connectivity index (χ2v) is 6.20. The molecule has 1 aromatic rings. The maximum Gasteiger partial charge on any atom is 0.0576 e. The number of ether oxygens (including phenoxy) is 1. The standard InChI is InChI=1S/C15H22INO/c1-17-15(12-7-9-13(16)10-8-12)6-2-4-14-5-3-11-18-14/h7-10,14-15,17H,2-6,11H2,1H3. The molecule has 3 heteroatoms. The van der Waals surface area contributed by atoms with Crippen LogP contribution in [0.15, 0.2) is 24.3 Å². The van der Waals surface area contributed by atoms with Crippen molar-refractivity contribution >= 4 is 22.6 Å². The van der Waals surface area contributed by atoms with Crippen LogP contribution in [0.5, 0.6) is 0 Å². The van der Waals surface area contributed by atoms with Gasteiger partial charge in [0.1, 0.15) is 0 Å². The van der Waals surface area contributed by atoms with E-state index in [2.05, 4.69) is 59.2 Å². The fourth-order valence-corrected chi connectivity index (χ4v) is 2.95. The van der Waals surface area contributed by atoms with Crippen LogP contribution in [0.1, 0.15) is 43.7 Å². The minimum Gasteiger partial charge on any atom is -0.378 e. The Labute approximate surface area is 124 Å². The molecule has 1 heterocycles. The molecule has 1 aliphatic heterocycles. The highest BCUT2D eigenvalue weighted by Crippen LogP contribution is 2.23. The lowest BCUT2D eigenvalue weighted by Crippen LogP contribution is -2.17. The van der Waals surface area contributed by atoms with Gasteiger partial charge in [-0.25, -0.2) is 0 Å². The van der Waals surface area contributed by atoms with Gasteiger partial charge in [-0.1, -0.05) is 12.1 Å². The average Bonchev–Trinajstić information content (AvgIpc) is 2.89. The van der Waals surface area contributed by atoms with E-state index < -0.39 is 0 Å². The second kappa shape index (κ2) is 7.46. The summed E-state index contributed by atoms with van der Waals surface area (Å²) in [5.41, 5.74) is 1.39. The fourth-order valence-electron chi connectivity index (χ4n) is 2.59. The minimum atomic E-state index is 0.475. The van der Waals surface area contributed by atoms with E-state index in [1.54, 1.807) is 0 Å². The Morgan fingerprint density at radius 1 is 1.39 bits per heavy atom. The van der Waals surface area contributed by atoms with Crippen molar-refractivity contribution in [3.05, 3.63) is 33.4 Å². The van der Waals surface area contributed by atoms with Gasteiger partial charge in [-0.15, -0.1) is 0 Å². The highest BCUT2D eigenvalue weighted by atomic mass is 127. The van der Waals surface area contributed by atoms with E-state index in [-0.39, 0.29) is 0 Å². The summed E-state index contributed by atoms with van der Waals surface area (Å²) in [6, 6.07) is 9.30.